The van der Waals surface area contributed by atoms with Gasteiger partial charge in [-0.2, -0.15) is 13.2 Å². The summed E-state index contributed by atoms with van der Waals surface area (Å²) < 4.78 is 52.0. The van der Waals surface area contributed by atoms with Gasteiger partial charge in [-0.05, 0) is 42.3 Å². The largest absolute Gasteiger partial charge is 0.476 e. The van der Waals surface area contributed by atoms with Crippen LogP contribution in [0.25, 0.3) is 11.0 Å². The topological polar surface area (TPSA) is 75.1 Å². The van der Waals surface area contributed by atoms with E-state index in [0.717, 1.165) is 18.2 Å². The summed E-state index contributed by atoms with van der Waals surface area (Å²) in [6.45, 7) is 1.68. The molecule has 2 N–H and O–H groups in total. The van der Waals surface area contributed by atoms with Gasteiger partial charge in [0.15, 0.2) is 11.5 Å². The summed E-state index contributed by atoms with van der Waals surface area (Å²) in [7, 11) is 0. The van der Waals surface area contributed by atoms with Crippen LogP contribution >= 0.6 is 0 Å². The Bertz CT molecular complexity index is 1040. The highest BCUT2D eigenvalue weighted by atomic mass is 19.4. The van der Waals surface area contributed by atoms with Crippen LogP contribution in [-0.2, 0) is 12.7 Å². The number of aryl methyl sites for hydroxylation is 1. The highest BCUT2D eigenvalue weighted by molar-refractivity contribution is 5.94. The molecule has 0 atom stereocenters. The molecule has 140 valence electrons. The first kappa shape index (κ1) is 18.6. The number of carbonyl (C=O) groups is 1. The fourth-order valence-corrected chi connectivity index (χ4v) is 2.51. The summed E-state index contributed by atoms with van der Waals surface area (Å²) in [6, 6.07) is 7.04. The highest BCUT2D eigenvalue weighted by Gasteiger charge is 2.31. The number of aromatic nitrogens is 2. The van der Waals surface area contributed by atoms with E-state index in [-0.39, 0.29) is 29.2 Å². The van der Waals surface area contributed by atoms with Crippen LogP contribution in [0.5, 0.6) is 0 Å². The number of aromatic carboxylic acids is 1. The minimum atomic E-state index is -4.55. The van der Waals surface area contributed by atoms with Crippen molar-refractivity contribution in [2.45, 2.75) is 19.6 Å². The van der Waals surface area contributed by atoms with E-state index in [1.807, 2.05) is 0 Å². The molecule has 2 aromatic carbocycles. The monoisotopic (exact) mass is 379 g/mol. The lowest BCUT2D eigenvalue weighted by Crippen LogP contribution is -2.12. The van der Waals surface area contributed by atoms with E-state index >= 15 is 0 Å². The van der Waals surface area contributed by atoms with Gasteiger partial charge in [0.2, 0.25) is 0 Å². The van der Waals surface area contributed by atoms with Gasteiger partial charge in [-0.1, -0.05) is 12.1 Å². The zero-order valence-corrected chi connectivity index (χ0v) is 13.9. The Labute approximate surface area is 150 Å². The Kier molecular flexibility index (Phi) is 4.69. The summed E-state index contributed by atoms with van der Waals surface area (Å²) in [5, 5.41) is 12.1. The maximum absolute atomic E-state index is 13.3. The lowest BCUT2D eigenvalue weighted by atomic mass is 10.1. The first-order valence-corrected chi connectivity index (χ1v) is 7.76. The minimum Gasteiger partial charge on any atom is -0.476 e. The molecule has 0 aliphatic rings. The Morgan fingerprint density at radius 1 is 1.11 bits per heavy atom. The second kappa shape index (κ2) is 6.82. The van der Waals surface area contributed by atoms with E-state index in [0.29, 0.717) is 11.1 Å². The van der Waals surface area contributed by atoms with E-state index in [2.05, 4.69) is 15.3 Å². The van der Waals surface area contributed by atoms with Gasteiger partial charge in [-0.15, -0.1) is 0 Å². The molecule has 0 amide bonds. The normalized spacial score (nSPS) is 11.6. The van der Waals surface area contributed by atoms with Crippen LogP contribution in [0.3, 0.4) is 0 Å². The number of carboxylic acids is 1. The third-order valence-electron chi connectivity index (χ3n) is 3.88. The van der Waals surface area contributed by atoms with Gasteiger partial charge < -0.3 is 10.4 Å². The molecule has 0 aliphatic heterocycles. The maximum atomic E-state index is 13.3. The lowest BCUT2D eigenvalue weighted by Gasteiger charge is -2.12. The second-order valence-electron chi connectivity index (χ2n) is 5.86. The number of nitrogens with one attached hydrogen (secondary N) is 1. The van der Waals surface area contributed by atoms with Crippen molar-refractivity contribution in [2.24, 2.45) is 0 Å². The van der Waals surface area contributed by atoms with E-state index in [1.54, 1.807) is 13.0 Å². The Morgan fingerprint density at radius 2 is 1.85 bits per heavy atom. The average molecular weight is 379 g/mol. The molecule has 3 aromatic rings. The van der Waals surface area contributed by atoms with Crippen LogP contribution in [0.2, 0.25) is 0 Å². The van der Waals surface area contributed by atoms with Gasteiger partial charge in [0.05, 0.1) is 16.6 Å². The van der Waals surface area contributed by atoms with Crippen LogP contribution < -0.4 is 5.32 Å². The molecule has 1 heterocycles. The Morgan fingerprint density at radius 3 is 2.48 bits per heavy atom. The van der Waals surface area contributed by atoms with Crippen molar-refractivity contribution in [3.8, 4) is 0 Å². The summed E-state index contributed by atoms with van der Waals surface area (Å²) in [4.78, 5) is 19.3. The van der Waals surface area contributed by atoms with Gasteiger partial charge in [-0.3, -0.25) is 0 Å². The molecule has 0 aliphatic carbocycles. The molecule has 0 fully saturated rings. The van der Waals surface area contributed by atoms with E-state index in [9.17, 15) is 27.5 Å². The van der Waals surface area contributed by atoms with Crippen molar-refractivity contribution in [3.05, 3.63) is 64.6 Å². The van der Waals surface area contributed by atoms with Crippen molar-refractivity contribution < 1.29 is 27.5 Å². The molecule has 0 bridgehead atoms. The van der Waals surface area contributed by atoms with Gasteiger partial charge in [0.25, 0.3) is 0 Å². The average Bonchev–Trinajstić information content (AvgIpc) is 2.60. The van der Waals surface area contributed by atoms with E-state index in [1.165, 1.54) is 12.1 Å². The molecule has 3 rings (SSSR count). The fourth-order valence-electron chi connectivity index (χ4n) is 2.51. The van der Waals surface area contributed by atoms with Crippen molar-refractivity contribution >= 4 is 22.8 Å². The van der Waals surface area contributed by atoms with E-state index < -0.39 is 23.4 Å². The smallest absolute Gasteiger partial charge is 0.416 e. The maximum Gasteiger partial charge on any atom is 0.416 e. The summed E-state index contributed by atoms with van der Waals surface area (Å²) in [5.74, 6) is -1.92. The number of anilines is 1. The van der Waals surface area contributed by atoms with Crippen molar-refractivity contribution in [2.75, 3.05) is 5.32 Å². The molecule has 27 heavy (non-hydrogen) atoms. The summed E-state index contributed by atoms with van der Waals surface area (Å²) in [6.07, 6.45) is -4.55. The quantitative estimate of drug-likeness (QED) is 0.657. The summed E-state index contributed by atoms with van der Waals surface area (Å²) >= 11 is 0. The molecule has 9 heteroatoms. The zero-order valence-electron chi connectivity index (χ0n) is 13.9. The van der Waals surface area contributed by atoms with Crippen molar-refractivity contribution in [1.29, 1.82) is 0 Å². The van der Waals surface area contributed by atoms with E-state index in [4.69, 9.17) is 0 Å². The fraction of sp³-hybridized carbons (Fsp3) is 0.167. The number of benzene rings is 2. The van der Waals surface area contributed by atoms with Crippen molar-refractivity contribution in [1.82, 2.24) is 9.97 Å². The van der Waals surface area contributed by atoms with Crippen LogP contribution in [0.15, 0.2) is 36.4 Å². The molecule has 0 saturated carbocycles. The predicted octanol–water partition coefficient (Wildman–Crippen LogP) is 4.41. The first-order chi connectivity index (χ1) is 12.6. The number of halogens is 4. The standard InChI is InChI=1S/C18H13F4N3O2/c1-9-6-10(2-4-12(9)19)8-23-16-15(17(26)27)24-13-5-3-11(18(20,21)22)7-14(13)25-16/h2-7H,8H2,1H3,(H,23,25)(H,26,27). The molecular formula is C18H13F4N3O2. The van der Waals surface area contributed by atoms with Crippen LogP contribution in [-0.4, -0.2) is 21.0 Å². The Balaban J connectivity index is 1.99. The number of carboxylic acid groups (broad SMARTS) is 1. The number of fused-ring (bicyclic) bond motifs is 1. The van der Waals surface area contributed by atoms with Crippen LogP contribution in [0.4, 0.5) is 23.4 Å². The molecule has 0 unspecified atom stereocenters. The third-order valence-corrected chi connectivity index (χ3v) is 3.88. The molecule has 0 saturated heterocycles. The zero-order chi connectivity index (χ0) is 19.8. The summed E-state index contributed by atoms with van der Waals surface area (Å²) in [5.41, 5.74) is -0.326. The second-order valence-corrected chi connectivity index (χ2v) is 5.86. The predicted molar refractivity (Wildman–Crippen MR) is 90.0 cm³/mol. The highest BCUT2D eigenvalue weighted by Crippen LogP contribution is 2.31. The SMILES string of the molecule is Cc1cc(CNc2nc3cc(C(F)(F)F)ccc3nc2C(=O)O)ccc1F. The van der Waals surface area contributed by atoms with Crippen LogP contribution in [0.1, 0.15) is 27.2 Å². The minimum absolute atomic E-state index is 0.0311. The van der Waals surface area contributed by atoms with Gasteiger partial charge in [-0.25, -0.2) is 19.2 Å². The molecule has 5 nitrogen and oxygen atoms in total. The molecule has 1 aromatic heterocycles. The molecular weight excluding hydrogens is 366 g/mol. The number of hydrogen-bond acceptors (Lipinski definition) is 4. The van der Waals surface area contributed by atoms with Crippen LogP contribution in [0, 0.1) is 12.7 Å². The molecule has 0 spiro atoms. The van der Waals surface area contributed by atoms with Crippen molar-refractivity contribution in [3.63, 3.8) is 0 Å². The first-order valence-electron chi connectivity index (χ1n) is 7.76. The third kappa shape index (κ3) is 3.97. The molecule has 0 radical (unpaired) electrons. The van der Waals surface area contributed by atoms with Gasteiger partial charge >= 0.3 is 12.1 Å². The van der Waals surface area contributed by atoms with Gasteiger partial charge in [0.1, 0.15) is 5.82 Å². The number of hydrogen-bond donors (Lipinski definition) is 2. The number of alkyl halides is 3. The lowest BCUT2D eigenvalue weighted by molar-refractivity contribution is -0.137. The Hall–Kier alpha value is -3.23. The number of nitrogens with zero attached hydrogens (tertiary/aromatic N) is 2. The van der Waals surface area contributed by atoms with Gasteiger partial charge in [0, 0.05) is 6.54 Å². The number of rotatable bonds is 4.